The summed E-state index contributed by atoms with van der Waals surface area (Å²) < 4.78 is 66.2. The average molecular weight is 555 g/mol. The number of nitrogens with zero attached hydrogens (tertiary/aromatic N) is 4. The van der Waals surface area contributed by atoms with Crippen LogP contribution in [0, 0.1) is 0 Å². The molecule has 14 heteroatoms. The number of hydrogen-bond donors (Lipinski definition) is 3. The summed E-state index contributed by atoms with van der Waals surface area (Å²) in [6, 6.07) is 9.58. The van der Waals surface area contributed by atoms with Gasteiger partial charge >= 0.3 is 6.61 Å². The summed E-state index contributed by atoms with van der Waals surface area (Å²) in [6.45, 7) is -2.53. The SMILES string of the molecule is CC(F)(F)c1ccc(Oc2ccc(OC(F)F)c(-c3[nH]ncc3NC(=O)c3cnn4cccnc34)c2)cc1CN. The Bertz CT molecular complexity index is 1680. The molecule has 3 heterocycles. The highest BCUT2D eigenvalue weighted by Gasteiger charge is 2.27. The lowest BCUT2D eigenvalue weighted by atomic mass is 10.0. The summed E-state index contributed by atoms with van der Waals surface area (Å²) in [6.07, 6.45) is 5.77. The van der Waals surface area contributed by atoms with E-state index in [0.717, 1.165) is 6.92 Å². The lowest BCUT2D eigenvalue weighted by Gasteiger charge is -2.17. The van der Waals surface area contributed by atoms with Gasteiger partial charge in [0, 0.05) is 37.0 Å². The number of hydrogen-bond acceptors (Lipinski definition) is 7. The molecule has 0 saturated heterocycles. The number of carbonyl (C=O) groups excluding carboxylic acids is 1. The quantitative estimate of drug-likeness (QED) is 0.209. The molecule has 3 aromatic heterocycles. The number of carbonyl (C=O) groups is 1. The molecule has 5 rings (SSSR count). The van der Waals surface area contributed by atoms with Gasteiger partial charge in [0.15, 0.2) is 5.65 Å². The molecule has 10 nitrogen and oxygen atoms in total. The predicted octanol–water partition coefficient (Wildman–Crippen LogP) is 5.34. The Labute approximate surface area is 223 Å². The van der Waals surface area contributed by atoms with Crippen molar-refractivity contribution < 1.29 is 31.8 Å². The lowest BCUT2D eigenvalue weighted by molar-refractivity contribution is -0.0495. The van der Waals surface area contributed by atoms with Crippen LogP contribution in [0.2, 0.25) is 0 Å². The first-order chi connectivity index (χ1) is 19.1. The topological polar surface area (TPSA) is 132 Å². The number of amides is 1. The molecule has 4 N–H and O–H groups in total. The van der Waals surface area contributed by atoms with Crippen LogP contribution in [0.1, 0.15) is 28.4 Å². The normalized spacial score (nSPS) is 11.7. The van der Waals surface area contributed by atoms with Crippen LogP contribution in [0.3, 0.4) is 0 Å². The number of aromatic amines is 1. The van der Waals surface area contributed by atoms with Crippen LogP contribution in [0.15, 0.2) is 67.3 Å². The van der Waals surface area contributed by atoms with Gasteiger partial charge in [-0.1, -0.05) is 0 Å². The molecule has 5 aromatic rings. The fourth-order valence-electron chi connectivity index (χ4n) is 4.10. The fraction of sp³-hybridized carbons (Fsp3) is 0.154. The number of nitrogens with one attached hydrogen (secondary N) is 2. The highest BCUT2D eigenvalue weighted by molar-refractivity contribution is 6.09. The molecule has 40 heavy (non-hydrogen) atoms. The van der Waals surface area contributed by atoms with E-state index in [1.165, 1.54) is 59.5 Å². The maximum Gasteiger partial charge on any atom is 0.387 e. The number of H-pyrrole nitrogens is 1. The van der Waals surface area contributed by atoms with E-state index in [4.69, 9.17) is 10.5 Å². The van der Waals surface area contributed by atoms with Gasteiger partial charge in [0.25, 0.3) is 11.8 Å². The van der Waals surface area contributed by atoms with Crippen LogP contribution in [-0.2, 0) is 12.5 Å². The van der Waals surface area contributed by atoms with Crippen LogP contribution in [0.4, 0.5) is 23.2 Å². The number of benzene rings is 2. The first-order valence-corrected chi connectivity index (χ1v) is 11.8. The van der Waals surface area contributed by atoms with Crippen molar-refractivity contribution in [1.29, 1.82) is 0 Å². The maximum absolute atomic E-state index is 13.9. The molecule has 0 fully saturated rings. The lowest BCUT2D eigenvalue weighted by Crippen LogP contribution is -2.13. The monoisotopic (exact) mass is 555 g/mol. The maximum atomic E-state index is 13.9. The second-order valence-electron chi connectivity index (χ2n) is 8.61. The molecule has 0 atom stereocenters. The van der Waals surface area contributed by atoms with E-state index >= 15 is 0 Å². The van der Waals surface area contributed by atoms with Crippen LogP contribution < -0.4 is 20.5 Å². The van der Waals surface area contributed by atoms with Crippen LogP contribution in [0.5, 0.6) is 17.2 Å². The summed E-state index contributed by atoms with van der Waals surface area (Å²) in [7, 11) is 0. The standard InChI is InChI=1S/C26H21F4N7O3/c1-26(29,30)19-5-3-15(9-14(19)11-31)39-16-4-6-21(40-25(27)28)17(10-16)22-20(13-33-36-22)35-24(38)18-12-34-37-8-2-7-32-23(18)37/h2-10,12-13,25H,11,31H2,1H3,(H,33,36)(H,35,38). The smallest absolute Gasteiger partial charge is 0.387 e. The predicted molar refractivity (Wildman–Crippen MR) is 136 cm³/mol. The van der Waals surface area contributed by atoms with Gasteiger partial charge in [-0.15, -0.1) is 0 Å². The molecule has 0 aliphatic heterocycles. The minimum absolute atomic E-state index is 0.0827. The number of aromatic nitrogens is 5. The van der Waals surface area contributed by atoms with Crippen LogP contribution in [-0.4, -0.2) is 37.3 Å². The zero-order valence-corrected chi connectivity index (χ0v) is 20.7. The van der Waals surface area contributed by atoms with Gasteiger partial charge in [0.05, 0.1) is 23.8 Å². The number of nitrogens with two attached hydrogens (primary N) is 1. The zero-order chi connectivity index (χ0) is 28.4. The van der Waals surface area contributed by atoms with Crippen molar-refractivity contribution in [1.82, 2.24) is 24.8 Å². The number of ether oxygens (including phenoxy) is 2. The van der Waals surface area contributed by atoms with Gasteiger partial charge < -0.3 is 20.5 Å². The summed E-state index contributed by atoms with van der Waals surface area (Å²) in [5.74, 6) is -3.55. The van der Waals surface area contributed by atoms with E-state index in [1.54, 1.807) is 12.3 Å². The van der Waals surface area contributed by atoms with E-state index in [2.05, 4.69) is 30.3 Å². The Hall–Kier alpha value is -4.98. The molecule has 0 unspecified atom stereocenters. The van der Waals surface area contributed by atoms with Crippen molar-refractivity contribution in [3.8, 4) is 28.5 Å². The molecule has 0 spiro atoms. The highest BCUT2D eigenvalue weighted by Crippen LogP contribution is 2.39. The molecule has 0 saturated carbocycles. The first-order valence-electron chi connectivity index (χ1n) is 11.8. The minimum atomic E-state index is -3.15. The molecular formula is C26H21F4N7O3. The van der Waals surface area contributed by atoms with Crippen molar-refractivity contribution in [2.24, 2.45) is 5.73 Å². The average Bonchev–Trinajstić information content (AvgIpc) is 3.55. The van der Waals surface area contributed by atoms with E-state index in [9.17, 15) is 22.4 Å². The van der Waals surface area contributed by atoms with Crippen LogP contribution >= 0.6 is 0 Å². The number of rotatable bonds is 9. The third-order valence-corrected chi connectivity index (χ3v) is 5.85. The van der Waals surface area contributed by atoms with Crippen molar-refractivity contribution in [3.05, 3.63) is 83.9 Å². The van der Waals surface area contributed by atoms with Crippen molar-refractivity contribution in [3.63, 3.8) is 0 Å². The zero-order valence-electron chi connectivity index (χ0n) is 20.7. The second kappa shape index (κ2) is 10.6. The van der Waals surface area contributed by atoms with Crippen molar-refractivity contribution >= 4 is 17.2 Å². The van der Waals surface area contributed by atoms with Gasteiger partial charge in [0.2, 0.25) is 0 Å². The summed E-state index contributed by atoms with van der Waals surface area (Å²) in [5.41, 5.74) is 6.46. The summed E-state index contributed by atoms with van der Waals surface area (Å²) >= 11 is 0. The molecule has 0 aliphatic carbocycles. The fourth-order valence-corrected chi connectivity index (χ4v) is 4.10. The van der Waals surface area contributed by atoms with Crippen molar-refractivity contribution in [2.75, 3.05) is 5.32 Å². The molecule has 2 aromatic carbocycles. The van der Waals surface area contributed by atoms with Crippen LogP contribution in [0.25, 0.3) is 16.9 Å². The number of anilines is 1. The minimum Gasteiger partial charge on any atom is -0.457 e. The van der Waals surface area contributed by atoms with E-state index in [0.29, 0.717) is 5.65 Å². The first kappa shape index (κ1) is 26.6. The highest BCUT2D eigenvalue weighted by atomic mass is 19.3. The molecule has 206 valence electrons. The van der Waals surface area contributed by atoms with E-state index in [1.807, 2.05) is 0 Å². The molecule has 0 aliphatic rings. The third kappa shape index (κ3) is 5.42. The van der Waals surface area contributed by atoms with Gasteiger partial charge in [0.1, 0.15) is 22.8 Å². The number of fused-ring (bicyclic) bond motifs is 1. The third-order valence-electron chi connectivity index (χ3n) is 5.85. The summed E-state index contributed by atoms with van der Waals surface area (Å²) in [5, 5.41) is 13.4. The molecule has 0 bridgehead atoms. The Balaban J connectivity index is 1.48. The Morgan fingerprint density at radius 1 is 1.18 bits per heavy atom. The Morgan fingerprint density at radius 2 is 1.95 bits per heavy atom. The largest absolute Gasteiger partial charge is 0.457 e. The summed E-state index contributed by atoms with van der Waals surface area (Å²) in [4.78, 5) is 17.2. The van der Waals surface area contributed by atoms with Crippen molar-refractivity contribution in [2.45, 2.75) is 26.0 Å². The second-order valence-corrected chi connectivity index (χ2v) is 8.61. The Morgan fingerprint density at radius 3 is 2.70 bits per heavy atom. The number of halogens is 4. The Kier molecular flexibility index (Phi) is 7.09. The number of alkyl halides is 4. The molecular weight excluding hydrogens is 534 g/mol. The van der Waals surface area contributed by atoms with E-state index in [-0.39, 0.29) is 57.4 Å². The molecule has 0 radical (unpaired) electrons. The van der Waals surface area contributed by atoms with Gasteiger partial charge in [-0.05, 0) is 48.0 Å². The van der Waals surface area contributed by atoms with Gasteiger partial charge in [-0.25, -0.2) is 18.3 Å². The van der Waals surface area contributed by atoms with Gasteiger partial charge in [-0.3, -0.25) is 9.89 Å². The van der Waals surface area contributed by atoms with E-state index < -0.39 is 18.4 Å². The molecule has 1 amide bonds. The van der Waals surface area contributed by atoms with Gasteiger partial charge in [-0.2, -0.15) is 19.0 Å².